The quantitative estimate of drug-likeness (QED) is 0.695. The van der Waals surface area contributed by atoms with Crippen LogP contribution in [0.4, 0.5) is 3.89 Å². The molecule has 3 heterocycles. The number of fused-ring (bicyclic) bond motifs is 2. The van der Waals surface area contributed by atoms with E-state index in [0.29, 0.717) is 12.1 Å². The van der Waals surface area contributed by atoms with E-state index >= 15 is 0 Å². The molecule has 3 aliphatic rings. The van der Waals surface area contributed by atoms with Crippen molar-refractivity contribution in [1.82, 2.24) is 9.80 Å². The molecule has 2 bridgehead atoms. The fourth-order valence-electron chi connectivity index (χ4n) is 3.88. The van der Waals surface area contributed by atoms with Gasteiger partial charge in [-0.2, -0.15) is 8.42 Å². The van der Waals surface area contributed by atoms with Gasteiger partial charge in [0.05, 0.1) is 0 Å². The Kier molecular flexibility index (Phi) is 3.09. The highest BCUT2D eigenvalue weighted by Gasteiger charge is 2.46. The van der Waals surface area contributed by atoms with E-state index < -0.39 is 15.5 Å². The second-order valence-electron chi connectivity index (χ2n) is 6.02. The van der Waals surface area contributed by atoms with E-state index in [-0.39, 0.29) is 24.9 Å². The summed E-state index contributed by atoms with van der Waals surface area (Å²) in [4.78, 5) is 15.9. The Morgan fingerprint density at radius 1 is 1.16 bits per heavy atom. The number of likely N-dealkylation sites (tertiary alicyclic amines) is 1. The Balaban J connectivity index is 1.72. The molecule has 3 atom stereocenters. The second kappa shape index (κ2) is 4.41. The third-order valence-corrected chi connectivity index (χ3v) is 6.15. The SMILES string of the molecule is CN1C2CCC1CC(N1CC(S(=O)(=O)F)CC1=O)C2. The van der Waals surface area contributed by atoms with Gasteiger partial charge < -0.3 is 9.80 Å². The summed E-state index contributed by atoms with van der Waals surface area (Å²) >= 11 is 0. The van der Waals surface area contributed by atoms with Crippen molar-refractivity contribution in [2.45, 2.75) is 55.5 Å². The second-order valence-corrected chi connectivity index (χ2v) is 7.64. The van der Waals surface area contributed by atoms with Crippen molar-refractivity contribution in [3.05, 3.63) is 0 Å². The van der Waals surface area contributed by atoms with Crippen LogP contribution in [-0.4, -0.2) is 61.1 Å². The van der Waals surface area contributed by atoms with E-state index in [1.165, 1.54) is 0 Å². The number of hydrogen-bond acceptors (Lipinski definition) is 4. The Hall–Kier alpha value is -0.690. The van der Waals surface area contributed by atoms with Crippen LogP contribution >= 0.6 is 0 Å². The maximum absolute atomic E-state index is 13.0. The molecule has 3 rings (SSSR count). The highest BCUT2D eigenvalue weighted by atomic mass is 32.3. The minimum absolute atomic E-state index is 0.0332. The highest BCUT2D eigenvalue weighted by molar-refractivity contribution is 7.87. The predicted octanol–water partition coefficient (Wildman–Crippen LogP) is 0.512. The molecule has 108 valence electrons. The lowest BCUT2D eigenvalue weighted by Gasteiger charge is -2.40. The van der Waals surface area contributed by atoms with Crippen molar-refractivity contribution in [1.29, 1.82) is 0 Å². The van der Waals surface area contributed by atoms with E-state index in [9.17, 15) is 17.1 Å². The first kappa shape index (κ1) is 13.3. The van der Waals surface area contributed by atoms with Gasteiger partial charge in [0.25, 0.3) is 0 Å². The summed E-state index contributed by atoms with van der Waals surface area (Å²) in [5, 5.41) is -1.16. The monoisotopic (exact) mass is 290 g/mol. The molecular formula is C12H19FN2O3S. The lowest BCUT2D eigenvalue weighted by Crippen LogP contribution is -2.49. The molecule has 7 heteroatoms. The largest absolute Gasteiger partial charge is 0.338 e. The first-order chi connectivity index (χ1) is 8.86. The molecule has 3 unspecified atom stereocenters. The molecule has 0 spiro atoms. The predicted molar refractivity (Wildman–Crippen MR) is 67.7 cm³/mol. The maximum atomic E-state index is 13.0. The number of carbonyl (C=O) groups excluding carboxylic acids is 1. The molecule has 0 aromatic rings. The molecule has 0 saturated carbocycles. The van der Waals surface area contributed by atoms with Gasteiger partial charge in [-0.15, -0.1) is 3.89 Å². The van der Waals surface area contributed by atoms with Crippen molar-refractivity contribution in [2.75, 3.05) is 13.6 Å². The lowest BCUT2D eigenvalue weighted by molar-refractivity contribution is -0.130. The summed E-state index contributed by atoms with van der Waals surface area (Å²) in [6.07, 6.45) is 3.87. The topological polar surface area (TPSA) is 57.7 Å². The number of hydrogen-bond donors (Lipinski definition) is 0. The number of nitrogens with zero attached hydrogens (tertiary/aromatic N) is 2. The summed E-state index contributed by atoms with van der Waals surface area (Å²) in [6.45, 7) is 0.0332. The van der Waals surface area contributed by atoms with Crippen LogP contribution in [0.3, 0.4) is 0 Å². The Bertz CT molecular complexity index is 481. The van der Waals surface area contributed by atoms with Crippen molar-refractivity contribution < 1.29 is 17.1 Å². The minimum atomic E-state index is -4.60. The number of amides is 1. The van der Waals surface area contributed by atoms with E-state index in [4.69, 9.17) is 0 Å². The van der Waals surface area contributed by atoms with Gasteiger partial charge in [0.1, 0.15) is 5.25 Å². The maximum Gasteiger partial charge on any atom is 0.307 e. The minimum Gasteiger partial charge on any atom is -0.338 e. The fourth-order valence-corrected chi connectivity index (χ4v) is 4.56. The van der Waals surface area contributed by atoms with Gasteiger partial charge in [0.2, 0.25) is 5.91 Å². The van der Waals surface area contributed by atoms with Gasteiger partial charge in [-0.05, 0) is 32.7 Å². The van der Waals surface area contributed by atoms with E-state index in [2.05, 4.69) is 11.9 Å². The van der Waals surface area contributed by atoms with E-state index in [0.717, 1.165) is 25.7 Å². The summed E-state index contributed by atoms with van der Waals surface area (Å²) < 4.78 is 34.9. The summed E-state index contributed by atoms with van der Waals surface area (Å²) in [5.74, 6) is -0.208. The average Bonchev–Trinajstić information content (AvgIpc) is 2.77. The van der Waals surface area contributed by atoms with Crippen LogP contribution in [-0.2, 0) is 15.0 Å². The molecule has 3 aliphatic heterocycles. The van der Waals surface area contributed by atoms with E-state index in [1.807, 2.05) is 0 Å². The third-order valence-electron chi connectivity index (χ3n) is 5.04. The standard InChI is InChI=1S/C12H19FN2O3S/c1-14-8-2-3-9(14)5-10(4-8)15-7-11(6-12(15)16)19(13,17)18/h8-11H,2-7H2,1H3. The molecule has 3 saturated heterocycles. The Morgan fingerprint density at radius 2 is 1.74 bits per heavy atom. The molecule has 5 nitrogen and oxygen atoms in total. The number of carbonyl (C=O) groups is 1. The van der Waals surface area contributed by atoms with Gasteiger partial charge in [0.15, 0.2) is 0 Å². The first-order valence-electron chi connectivity index (χ1n) is 6.81. The summed E-state index contributed by atoms with van der Waals surface area (Å²) in [6, 6.07) is 1.06. The summed E-state index contributed by atoms with van der Waals surface area (Å²) in [7, 11) is -2.49. The van der Waals surface area contributed by atoms with Crippen molar-refractivity contribution >= 4 is 16.1 Å². The van der Waals surface area contributed by atoms with Crippen LogP contribution in [0, 0.1) is 0 Å². The molecule has 1 amide bonds. The molecule has 3 fully saturated rings. The molecule has 0 N–H and O–H groups in total. The number of piperidine rings is 1. The zero-order chi connectivity index (χ0) is 13.8. The molecule has 0 aliphatic carbocycles. The fraction of sp³-hybridized carbons (Fsp3) is 0.917. The average molecular weight is 290 g/mol. The van der Waals surface area contributed by atoms with Crippen LogP contribution in [0.1, 0.15) is 32.1 Å². The Labute approximate surface area is 113 Å². The smallest absolute Gasteiger partial charge is 0.307 e. The van der Waals surface area contributed by atoms with Crippen LogP contribution in [0.15, 0.2) is 0 Å². The zero-order valence-corrected chi connectivity index (χ0v) is 11.8. The number of halogens is 1. The van der Waals surface area contributed by atoms with Crippen molar-refractivity contribution in [3.63, 3.8) is 0 Å². The van der Waals surface area contributed by atoms with Gasteiger partial charge >= 0.3 is 10.2 Å². The first-order valence-corrected chi connectivity index (χ1v) is 8.26. The highest BCUT2D eigenvalue weighted by Crippen LogP contribution is 2.37. The van der Waals surface area contributed by atoms with Crippen LogP contribution in [0.2, 0.25) is 0 Å². The molecule has 0 radical (unpaired) electrons. The van der Waals surface area contributed by atoms with Crippen LogP contribution in [0.25, 0.3) is 0 Å². The Morgan fingerprint density at radius 3 is 2.21 bits per heavy atom. The number of rotatable bonds is 2. The summed E-state index contributed by atoms with van der Waals surface area (Å²) in [5.41, 5.74) is 0. The van der Waals surface area contributed by atoms with E-state index in [1.54, 1.807) is 4.90 Å². The zero-order valence-electron chi connectivity index (χ0n) is 11.0. The third kappa shape index (κ3) is 2.27. The lowest BCUT2D eigenvalue weighted by atomic mass is 9.97. The van der Waals surface area contributed by atoms with Gasteiger partial charge in [-0.3, -0.25) is 4.79 Å². The van der Waals surface area contributed by atoms with Gasteiger partial charge in [0, 0.05) is 31.1 Å². The molecule has 0 aromatic heterocycles. The van der Waals surface area contributed by atoms with Gasteiger partial charge in [-0.1, -0.05) is 0 Å². The van der Waals surface area contributed by atoms with Crippen LogP contribution in [0.5, 0.6) is 0 Å². The van der Waals surface area contributed by atoms with Crippen LogP contribution < -0.4 is 0 Å². The normalized spacial score (nSPS) is 40.1. The van der Waals surface area contributed by atoms with Crippen molar-refractivity contribution in [3.8, 4) is 0 Å². The molecule has 19 heavy (non-hydrogen) atoms. The molecule has 0 aromatic carbocycles. The molecular weight excluding hydrogens is 271 g/mol. The van der Waals surface area contributed by atoms with Gasteiger partial charge in [-0.25, -0.2) is 0 Å². The van der Waals surface area contributed by atoms with Crippen molar-refractivity contribution in [2.24, 2.45) is 0 Å².